The summed E-state index contributed by atoms with van der Waals surface area (Å²) in [5.74, 6) is 0.833. The number of hydrogen-bond acceptors (Lipinski definition) is 3. The fourth-order valence-corrected chi connectivity index (χ4v) is 3.16. The van der Waals surface area contributed by atoms with Crippen molar-refractivity contribution in [1.82, 2.24) is 15.5 Å². The van der Waals surface area contributed by atoms with E-state index >= 15 is 0 Å². The molecule has 2 amide bonds. The first-order chi connectivity index (χ1) is 11.7. The maximum Gasteiger partial charge on any atom is 0.315 e. The Morgan fingerprint density at radius 3 is 2.92 bits per heavy atom. The molecule has 1 fully saturated rings. The quantitative estimate of drug-likeness (QED) is 0.719. The van der Waals surface area contributed by atoms with Crippen molar-refractivity contribution in [3.63, 3.8) is 0 Å². The Morgan fingerprint density at radius 2 is 2.12 bits per heavy atom. The third-order valence-corrected chi connectivity index (χ3v) is 4.56. The molecule has 1 unspecified atom stereocenters. The van der Waals surface area contributed by atoms with Crippen LogP contribution < -0.4 is 15.4 Å². The number of urea groups is 1. The second-order valence-corrected chi connectivity index (χ2v) is 6.38. The second-order valence-electron chi connectivity index (χ2n) is 6.38. The summed E-state index contributed by atoms with van der Waals surface area (Å²) in [4.78, 5) is 14.5. The molecule has 0 aliphatic carbocycles. The van der Waals surface area contributed by atoms with Gasteiger partial charge >= 0.3 is 6.03 Å². The average molecular weight is 333 g/mol. The fraction of sp³-hybridized carbons (Fsp3) is 0.632. The van der Waals surface area contributed by atoms with E-state index in [9.17, 15) is 4.79 Å². The molecule has 1 aliphatic heterocycles. The highest BCUT2D eigenvalue weighted by Gasteiger charge is 2.17. The number of hydrogen-bond donors (Lipinski definition) is 2. The highest BCUT2D eigenvalue weighted by Crippen LogP contribution is 2.17. The van der Waals surface area contributed by atoms with Crippen LogP contribution in [0.2, 0.25) is 0 Å². The van der Waals surface area contributed by atoms with Gasteiger partial charge in [0.1, 0.15) is 5.75 Å². The van der Waals surface area contributed by atoms with E-state index < -0.39 is 0 Å². The van der Waals surface area contributed by atoms with Crippen LogP contribution in [-0.4, -0.2) is 43.2 Å². The minimum atomic E-state index is -0.118. The first kappa shape index (κ1) is 18.6. The van der Waals surface area contributed by atoms with Crippen molar-refractivity contribution in [3.05, 3.63) is 29.8 Å². The normalized spacial score (nSPS) is 18.2. The zero-order valence-corrected chi connectivity index (χ0v) is 15.0. The Bertz CT molecular complexity index is 507. The molecular formula is C19H31N3O2. The molecule has 1 aromatic rings. The van der Waals surface area contributed by atoms with Gasteiger partial charge in [0.05, 0.1) is 6.61 Å². The standard InChI is InChI=1S/C19H31N3O2/c1-3-24-18-11-5-4-10-17(18)15-21-19(23)20-12-8-14-22-13-7-6-9-16(22)2/h4-5,10-11,16H,3,6-9,12-15H2,1-2H3,(H2,20,21,23). The molecule has 1 heterocycles. The summed E-state index contributed by atoms with van der Waals surface area (Å²) in [6, 6.07) is 8.37. The summed E-state index contributed by atoms with van der Waals surface area (Å²) in [5.41, 5.74) is 0.997. The molecule has 1 atom stereocenters. The van der Waals surface area contributed by atoms with Gasteiger partial charge in [-0.2, -0.15) is 0 Å². The molecule has 0 bridgehead atoms. The lowest BCUT2D eigenvalue weighted by molar-refractivity contribution is 0.159. The number of piperidine rings is 1. The van der Waals surface area contributed by atoms with Crippen LogP contribution in [0.25, 0.3) is 0 Å². The molecule has 0 saturated carbocycles. The molecule has 5 nitrogen and oxygen atoms in total. The van der Waals surface area contributed by atoms with E-state index in [2.05, 4.69) is 22.5 Å². The van der Waals surface area contributed by atoms with Gasteiger partial charge in [-0.3, -0.25) is 0 Å². The van der Waals surface area contributed by atoms with E-state index in [0.29, 0.717) is 25.7 Å². The Balaban J connectivity index is 1.63. The smallest absolute Gasteiger partial charge is 0.315 e. The van der Waals surface area contributed by atoms with Gasteiger partial charge in [-0.25, -0.2) is 4.79 Å². The largest absolute Gasteiger partial charge is 0.494 e. The predicted octanol–water partition coefficient (Wildman–Crippen LogP) is 3.15. The predicted molar refractivity (Wildman–Crippen MR) is 97.4 cm³/mol. The van der Waals surface area contributed by atoms with Crippen LogP contribution in [0, 0.1) is 0 Å². The molecule has 24 heavy (non-hydrogen) atoms. The van der Waals surface area contributed by atoms with Crippen LogP contribution in [0.4, 0.5) is 4.79 Å². The number of rotatable bonds is 8. The van der Waals surface area contributed by atoms with Crippen molar-refractivity contribution >= 4 is 6.03 Å². The van der Waals surface area contributed by atoms with Crippen LogP contribution in [0.5, 0.6) is 5.75 Å². The van der Waals surface area contributed by atoms with E-state index in [-0.39, 0.29) is 6.03 Å². The molecule has 2 rings (SSSR count). The first-order valence-corrected chi connectivity index (χ1v) is 9.17. The fourth-order valence-electron chi connectivity index (χ4n) is 3.16. The zero-order valence-electron chi connectivity index (χ0n) is 15.0. The Hall–Kier alpha value is -1.75. The van der Waals surface area contributed by atoms with Gasteiger partial charge in [-0.1, -0.05) is 24.6 Å². The van der Waals surface area contributed by atoms with Crippen molar-refractivity contribution in [3.8, 4) is 5.75 Å². The molecular weight excluding hydrogens is 302 g/mol. The number of nitrogens with zero attached hydrogens (tertiary/aromatic N) is 1. The van der Waals surface area contributed by atoms with Gasteiger partial charge in [0, 0.05) is 31.2 Å². The van der Waals surface area contributed by atoms with Crippen LogP contribution in [-0.2, 0) is 6.54 Å². The number of benzene rings is 1. The number of ether oxygens (including phenoxy) is 1. The van der Waals surface area contributed by atoms with E-state index in [1.807, 2.05) is 31.2 Å². The van der Waals surface area contributed by atoms with E-state index in [1.165, 1.54) is 25.8 Å². The molecule has 1 aliphatic rings. The van der Waals surface area contributed by atoms with E-state index in [0.717, 1.165) is 24.3 Å². The van der Waals surface area contributed by atoms with Crippen molar-refractivity contribution in [2.45, 2.75) is 52.1 Å². The second kappa shape index (κ2) is 10.2. The Labute approximate surface area is 145 Å². The molecule has 0 radical (unpaired) electrons. The van der Waals surface area contributed by atoms with E-state index in [4.69, 9.17) is 4.74 Å². The third kappa shape index (κ3) is 6.04. The van der Waals surface area contributed by atoms with Crippen molar-refractivity contribution in [2.24, 2.45) is 0 Å². The van der Waals surface area contributed by atoms with E-state index in [1.54, 1.807) is 0 Å². The summed E-state index contributed by atoms with van der Waals surface area (Å²) < 4.78 is 5.57. The topological polar surface area (TPSA) is 53.6 Å². The third-order valence-electron chi connectivity index (χ3n) is 4.56. The Kier molecular flexibility index (Phi) is 7.89. The first-order valence-electron chi connectivity index (χ1n) is 9.17. The van der Waals surface area contributed by atoms with Crippen LogP contribution in [0.1, 0.15) is 45.1 Å². The van der Waals surface area contributed by atoms with Crippen LogP contribution in [0.15, 0.2) is 24.3 Å². The monoisotopic (exact) mass is 333 g/mol. The van der Waals surface area contributed by atoms with Crippen molar-refractivity contribution < 1.29 is 9.53 Å². The Morgan fingerprint density at radius 1 is 1.29 bits per heavy atom. The molecule has 0 aromatic heterocycles. The summed E-state index contributed by atoms with van der Waals surface area (Å²) in [5, 5.41) is 5.84. The zero-order chi connectivity index (χ0) is 17.2. The number of carbonyl (C=O) groups is 1. The maximum atomic E-state index is 11.9. The molecule has 5 heteroatoms. The summed E-state index contributed by atoms with van der Waals surface area (Å²) in [7, 11) is 0. The van der Waals surface area contributed by atoms with Crippen molar-refractivity contribution in [1.29, 1.82) is 0 Å². The lowest BCUT2D eigenvalue weighted by Gasteiger charge is -2.33. The van der Waals surface area contributed by atoms with Gasteiger partial charge < -0.3 is 20.3 Å². The van der Waals surface area contributed by atoms with Gasteiger partial charge in [-0.15, -0.1) is 0 Å². The SMILES string of the molecule is CCOc1ccccc1CNC(=O)NCCCN1CCCCC1C. The number of likely N-dealkylation sites (tertiary alicyclic amines) is 1. The maximum absolute atomic E-state index is 11.9. The summed E-state index contributed by atoms with van der Waals surface area (Å²) in [6.45, 7) is 8.33. The van der Waals surface area contributed by atoms with Crippen LogP contribution >= 0.6 is 0 Å². The summed E-state index contributed by atoms with van der Waals surface area (Å²) >= 11 is 0. The minimum Gasteiger partial charge on any atom is -0.494 e. The average Bonchev–Trinajstić information content (AvgIpc) is 2.59. The lowest BCUT2D eigenvalue weighted by Crippen LogP contribution is -2.40. The summed E-state index contributed by atoms with van der Waals surface area (Å²) in [6.07, 6.45) is 4.94. The lowest BCUT2D eigenvalue weighted by atomic mass is 10.0. The molecule has 2 N–H and O–H groups in total. The number of carbonyl (C=O) groups excluding carboxylic acids is 1. The molecule has 1 aromatic carbocycles. The molecule has 0 spiro atoms. The molecule has 134 valence electrons. The molecule has 1 saturated heterocycles. The van der Waals surface area contributed by atoms with Crippen molar-refractivity contribution in [2.75, 3.05) is 26.2 Å². The van der Waals surface area contributed by atoms with Crippen LogP contribution in [0.3, 0.4) is 0 Å². The number of amides is 2. The number of nitrogens with one attached hydrogen (secondary N) is 2. The highest BCUT2D eigenvalue weighted by atomic mass is 16.5. The van der Waals surface area contributed by atoms with Gasteiger partial charge in [0.15, 0.2) is 0 Å². The highest BCUT2D eigenvalue weighted by molar-refractivity contribution is 5.73. The van der Waals surface area contributed by atoms with Gasteiger partial charge in [-0.05, 0) is 45.7 Å². The number of para-hydroxylation sites is 1. The minimum absolute atomic E-state index is 0.118. The van der Waals surface area contributed by atoms with Gasteiger partial charge in [0.25, 0.3) is 0 Å². The van der Waals surface area contributed by atoms with Gasteiger partial charge in [0.2, 0.25) is 0 Å².